The van der Waals surface area contributed by atoms with Gasteiger partial charge in [-0.05, 0) is 84.2 Å². The largest absolute Gasteiger partial charge is 0.507 e. The topological polar surface area (TPSA) is 79.7 Å². The van der Waals surface area contributed by atoms with Crippen LogP contribution >= 0.6 is 0 Å². The van der Waals surface area contributed by atoms with Crippen molar-refractivity contribution < 1.29 is 19.4 Å². The molecule has 1 N–H and O–H groups in total. The zero-order chi connectivity index (χ0) is 30.2. The van der Waals surface area contributed by atoms with Crippen molar-refractivity contribution >= 4 is 39.9 Å². The number of aromatic hydroxyl groups is 1. The lowest BCUT2D eigenvalue weighted by molar-refractivity contribution is -0.122. The summed E-state index contributed by atoms with van der Waals surface area (Å²) in [4.78, 5) is 33.6. The molecule has 3 aromatic carbocycles. The molecule has 1 aliphatic carbocycles. The third-order valence-electron chi connectivity index (χ3n) is 9.51. The van der Waals surface area contributed by atoms with Crippen molar-refractivity contribution in [1.29, 1.82) is 0 Å². The van der Waals surface area contributed by atoms with Crippen LogP contribution in [0.4, 0.5) is 5.69 Å². The Morgan fingerprint density at radius 1 is 0.932 bits per heavy atom. The minimum absolute atomic E-state index is 0.0752. The molecule has 3 aliphatic rings. The molecule has 3 heterocycles. The molecule has 7 rings (SSSR count). The number of anilines is 1. The Balaban J connectivity index is 1.20. The molecule has 44 heavy (non-hydrogen) atoms. The van der Waals surface area contributed by atoms with Gasteiger partial charge in [0, 0.05) is 17.5 Å². The number of aromatic nitrogens is 1. The van der Waals surface area contributed by atoms with E-state index >= 15 is 0 Å². The average Bonchev–Trinajstić information content (AvgIpc) is 3.59. The van der Waals surface area contributed by atoms with Crippen LogP contribution in [-0.4, -0.2) is 34.6 Å². The quantitative estimate of drug-likeness (QED) is 0.171. The first-order valence-corrected chi connectivity index (χ1v) is 15.6. The summed E-state index contributed by atoms with van der Waals surface area (Å²) in [5.74, 6) is -0.691. The molecule has 2 fully saturated rings. The standard InChI is InChI=1S/C38H36N2O4/c1-2-10-26-22-30-36(38(43)40(37(30)42)27-11-4-3-5-12-27)31-23-44-34(35(26)31)19-17-25(32-15-8-9-20-39-32)21-24-16-18-33(41)29-14-7-6-13-28(24)29/h3-9,11-16,18,20-21,30-31,34,36,41H,2,10,17,19,22-23H2,1H3/b25-21-/t30-,31+,34-,36-/m1/s1. The van der Waals surface area contributed by atoms with Gasteiger partial charge in [0.25, 0.3) is 0 Å². The molecule has 0 bridgehead atoms. The van der Waals surface area contributed by atoms with Crippen molar-refractivity contribution in [2.24, 2.45) is 17.8 Å². The number of amides is 2. The van der Waals surface area contributed by atoms with Crippen molar-refractivity contribution in [3.05, 3.63) is 114 Å². The van der Waals surface area contributed by atoms with Crippen LogP contribution in [0, 0.1) is 17.8 Å². The number of hydrogen-bond donors (Lipinski definition) is 1. The predicted molar refractivity (Wildman–Crippen MR) is 173 cm³/mol. The lowest BCUT2D eigenvalue weighted by Gasteiger charge is -2.32. The Morgan fingerprint density at radius 2 is 1.70 bits per heavy atom. The molecule has 0 radical (unpaired) electrons. The number of hydrogen-bond acceptors (Lipinski definition) is 5. The van der Waals surface area contributed by atoms with E-state index in [9.17, 15) is 14.7 Å². The zero-order valence-electron chi connectivity index (χ0n) is 24.9. The van der Waals surface area contributed by atoms with Gasteiger partial charge in [0.15, 0.2) is 0 Å². The number of benzene rings is 3. The van der Waals surface area contributed by atoms with Gasteiger partial charge in [-0.3, -0.25) is 19.5 Å². The molecule has 4 aromatic rings. The van der Waals surface area contributed by atoms with Crippen molar-refractivity contribution in [3.8, 4) is 5.75 Å². The number of para-hydroxylation sites is 1. The predicted octanol–water partition coefficient (Wildman–Crippen LogP) is 7.58. The number of phenols is 1. The van der Waals surface area contributed by atoms with E-state index in [0.29, 0.717) is 18.7 Å². The number of allylic oxidation sites excluding steroid dienone is 2. The monoisotopic (exact) mass is 584 g/mol. The van der Waals surface area contributed by atoms with Crippen LogP contribution in [0.2, 0.25) is 0 Å². The first-order valence-electron chi connectivity index (χ1n) is 15.6. The van der Waals surface area contributed by atoms with Crippen LogP contribution in [0.15, 0.2) is 102 Å². The fourth-order valence-electron chi connectivity index (χ4n) is 7.58. The van der Waals surface area contributed by atoms with Gasteiger partial charge in [0.05, 0.1) is 35.9 Å². The van der Waals surface area contributed by atoms with Gasteiger partial charge in [0.1, 0.15) is 5.75 Å². The summed E-state index contributed by atoms with van der Waals surface area (Å²) < 4.78 is 6.51. The normalized spacial score (nSPS) is 23.4. The number of imide groups is 1. The highest BCUT2D eigenvalue weighted by molar-refractivity contribution is 6.22. The van der Waals surface area contributed by atoms with Crippen molar-refractivity contribution in [1.82, 2.24) is 4.98 Å². The van der Waals surface area contributed by atoms with Crippen LogP contribution in [0.25, 0.3) is 22.4 Å². The molecule has 2 amide bonds. The van der Waals surface area contributed by atoms with Crippen LogP contribution in [0.5, 0.6) is 5.75 Å². The Labute approximate surface area is 257 Å². The van der Waals surface area contributed by atoms with E-state index in [2.05, 4.69) is 18.0 Å². The van der Waals surface area contributed by atoms with Gasteiger partial charge in [0.2, 0.25) is 11.8 Å². The Kier molecular flexibility index (Phi) is 7.61. The Morgan fingerprint density at radius 3 is 2.48 bits per heavy atom. The van der Waals surface area contributed by atoms with Gasteiger partial charge in [-0.25, -0.2) is 0 Å². The van der Waals surface area contributed by atoms with Crippen molar-refractivity contribution in [3.63, 3.8) is 0 Å². The highest BCUT2D eigenvalue weighted by Gasteiger charge is 2.57. The number of carbonyl (C=O) groups excluding carboxylic acids is 2. The third kappa shape index (κ3) is 4.93. The summed E-state index contributed by atoms with van der Waals surface area (Å²) in [6, 6.07) is 26.8. The molecule has 4 atom stereocenters. The maximum absolute atomic E-state index is 13.8. The average molecular weight is 585 g/mol. The van der Waals surface area contributed by atoms with E-state index in [4.69, 9.17) is 4.74 Å². The molecule has 1 aromatic heterocycles. The second-order valence-electron chi connectivity index (χ2n) is 12.1. The highest BCUT2D eigenvalue weighted by atomic mass is 16.5. The molecule has 222 valence electrons. The maximum Gasteiger partial charge on any atom is 0.238 e. The summed E-state index contributed by atoms with van der Waals surface area (Å²) >= 11 is 0. The first kappa shape index (κ1) is 28.2. The number of pyridine rings is 1. The molecule has 0 spiro atoms. The minimum Gasteiger partial charge on any atom is -0.507 e. The number of phenolic OH excluding ortho intramolecular Hbond substituents is 1. The lowest BCUT2D eigenvalue weighted by atomic mass is 9.68. The van der Waals surface area contributed by atoms with Gasteiger partial charge in [-0.2, -0.15) is 0 Å². The minimum atomic E-state index is -0.377. The van der Waals surface area contributed by atoms with E-state index in [1.165, 1.54) is 16.0 Å². The number of fused-ring (bicyclic) bond motifs is 4. The van der Waals surface area contributed by atoms with Crippen LogP contribution in [-0.2, 0) is 14.3 Å². The van der Waals surface area contributed by atoms with Crippen LogP contribution in [0.1, 0.15) is 50.3 Å². The Bertz CT molecular complexity index is 1780. The molecule has 6 heteroatoms. The maximum atomic E-state index is 13.8. The summed E-state index contributed by atoms with van der Waals surface area (Å²) in [5.41, 5.74) is 6.21. The van der Waals surface area contributed by atoms with E-state index < -0.39 is 0 Å². The lowest BCUT2D eigenvalue weighted by Crippen LogP contribution is -2.34. The molecular formula is C38H36N2O4. The van der Waals surface area contributed by atoms with Crippen LogP contribution in [0.3, 0.4) is 0 Å². The van der Waals surface area contributed by atoms with Crippen LogP contribution < -0.4 is 4.90 Å². The number of rotatable bonds is 8. The highest BCUT2D eigenvalue weighted by Crippen LogP contribution is 2.51. The van der Waals surface area contributed by atoms with E-state index in [-0.39, 0.29) is 41.4 Å². The Hall–Kier alpha value is -4.55. The zero-order valence-corrected chi connectivity index (χ0v) is 24.9. The van der Waals surface area contributed by atoms with Gasteiger partial charge in [-0.1, -0.05) is 73.5 Å². The fraction of sp³-hybridized carbons (Fsp3) is 0.289. The third-order valence-corrected chi connectivity index (χ3v) is 9.51. The van der Waals surface area contributed by atoms with E-state index in [1.807, 2.05) is 85.1 Å². The summed E-state index contributed by atoms with van der Waals surface area (Å²) in [5, 5.41) is 12.2. The molecule has 0 unspecified atom stereocenters. The van der Waals surface area contributed by atoms with Crippen molar-refractivity contribution in [2.45, 2.75) is 45.1 Å². The van der Waals surface area contributed by atoms with Gasteiger partial charge in [-0.15, -0.1) is 0 Å². The summed E-state index contributed by atoms with van der Waals surface area (Å²) in [6.07, 6.45) is 7.86. The summed E-state index contributed by atoms with van der Waals surface area (Å²) in [7, 11) is 0. The molecular weight excluding hydrogens is 548 g/mol. The SMILES string of the molecule is CCCC1=C2[C@@H](CC/C(=C/c3ccc(O)c4ccccc34)c3ccccn3)OC[C@@H]2[C@@H]2C(=O)N(c3ccccc3)C(=O)[C@@H]2C1. The molecule has 0 saturated carbocycles. The number of ether oxygens (including phenoxy) is 1. The molecule has 6 nitrogen and oxygen atoms in total. The second-order valence-corrected chi connectivity index (χ2v) is 12.1. The number of nitrogens with zero attached hydrogens (tertiary/aromatic N) is 2. The van der Waals surface area contributed by atoms with Gasteiger partial charge < -0.3 is 9.84 Å². The molecule has 2 saturated heterocycles. The second kappa shape index (κ2) is 11.9. The first-order chi connectivity index (χ1) is 21.5. The van der Waals surface area contributed by atoms with E-state index in [1.54, 1.807) is 6.07 Å². The van der Waals surface area contributed by atoms with E-state index in [0.717, 1.165) is 53.3 Å². The van der Waals surface area contributed by atoms with Crippen molar-refractivity contribution in [2.75, 3.05) is 11.5 Å². The fourth-order valence-corrected chi connectivity index (χ4v) is 7.58. The number of carbonyl (C=O) groups is 2. The molecule has 2 aliphatic heterocycles. The van der Waals surface area contributed by atoms with Gasteiger partial charge >= 0.3 is 0 Å². The smallest absolute Gasteiger partial charge is 0.238 e. The summed E-state index contributed by atoms with van der Waals surface area (Å²) in [6.45, 7) is 2.63.